The summed E-state index contributed by atoms with van der Waals surface area (Å²) in [4.78, 5) is 0. The summed E-state index contributed by atoms with van der Waals surface area (Å²) in [6.07, 6.45) is 25.1. The number of rotatable bonds is 0. The first kappa shape index (κ1) is 13.5. The van der Waals surface area contributed by atoms with Crippen LogP contribution in [0.1, 0.15) is 84.0 Å². The van der Waals surface area contributed by atoms with Crippen molar-refractivity contribution in [2.24, 2.45) is 10.8 Å². The highest BCUT2D eigenvalue weighted by Crippen LogP contribution is 2.63. The first-order chi connectivity index (χ1) is 9.27. The fourth-order valence-electron chi connectivity index (χ4n) is 5.11. The summed E-state index contributed by atoms with van der Waals surface area (Å²) in [5.41, 5.74) is 2.71. The molecule has 0 saturated heterocycles. The number of allylic oxidation sites excluding steroid dienone is 4. The zero-order chi connectivity index (χ0) is 13.2. The quantitative estimate of drug-likeness (QED) is 0.455. The Morgan fingerprint density at radius 1 is 0.842 bits per heavy atom. The van der Waals surface area contributed by atoms with E-state index in [0.717, 1.165) is 0 Å². The van der Waals surface area contributed by atoms with Crippen molar-refractivity contribution in [3.8, 4) is 0 Å². The monoisotopic (exact) mass is 258 g/mol. The van der Waals surface area contributed by atoms with E-state index in [1.165, 1.54) is 77.0 Å². The molecule has 0 aromatic carbocycles. The normalized spacial score (nSPS) is 39.9. The molecule has 0 nitrogen and oxygen atoms in total. The van der Waals surface area contributed by atoms with Crippen molar-refractivity contribution >= 4 is 0 Å². The topological polar surface area (TPSA) is 0 Å². The lowest BCUT2D eigenvalue weighted by atomic mass is 9.62. The third kappa shape index (κ3) is 2.43. The van der Waals surface area contributed by atoms with E-state index < -0.39 is 0 Å². The van der Waals surface area contributed by atoms with E-state index in [0.29, 0.717) is 10.8 Å². The van der Waals surface area contributed by atoms with Gasteiger partial charge in [-0.25, -0.2) is 0 Å². The van der Waals surface area contributed by atoms with Crippen LogP contribution in [0.3, 0.4) is 0 Å². The lowest BCUT2D eigenvalue weighted by Gasteiger charge is -2.41. The van der Waals surface area contributed by atoms with Gasteiger partial charge in [-0.15, -0.1) is 0 Å². The predicted molar refractivity (Wildman–Crippen MR) is 83.2 cm³/mol. The maximum Gasteiger partial charge on any atom is 0.0126 e. The molecule has 3 rings (SSSR count). The molecule has 3 aliphatic rings. The smallest absolute Gasteiger partial charge is 0.0126 e. The van der Waals surface area contributed by atoms with Crippen molar-refractivity contribution in [1.82, 2.24) is 0 Å². The Kier molecular flexibility index (Phi) is 3.87. The van der Waals surface area contributed by atoms with Crippen molar-refractivity contribution in [2.75, 3.05) is 0 Å². The van der Waals surface area contributed by atoms with Gasteiger partial charge in [-0.3, -0.25) is 0 Å². The molecule has 0 N–H and O–H groups in total. The standard InChI is InChI=1S/C19H30/c1-17-15-18-11-8-6-4-2-3-5-7-9-12-19(18,16-17)14-10-13-18/h10,13,15H,2-9,11-12,14,16H2,1H3. The molecule has 0 spiro atoms. The Morgan fingerprint density at radius 3 is 2.21 bits per heavy atom. The summed E-state index contributed by atoms with van der Waals surface area (Å²) in [6.45, 7) is 2.37. The van der Waals surface area contributed by atoms with Crippen LogP contribution in [0.15, 0.2) is 23.8 Å². The average Bonchev–Trinajstić information content (AvgIpc) is 2.80. The van der Waals surface area contributed by atoms with Crippen LogP contribution in [0.2, 0.25) is 0 Å². The van der Waals surface area contributed by atoms with E-state index in [1.807, 2.05) is 0 Å². The van der Waals surface area contributed by atoms with Crippen LogP contribution in [0.5, 0.6) is 0 Å². The Balaban J connectivity index is 1.79. The SMILES string of the molecule is CC1=CC23C=CCC2(CCCCCCCCCC3)C1. The van der Waals surface area contributed by atoms with Crippen LogP contribution in [-0.4, -0.2) is 0 Å². The lowest BCUT2D eigenvalue weighted by molar-refractivity contribution is 0.133. The van der Waals surface area contributed by atoms with Gasteiger partial charge in [0.05, 0.1) is 0 Å². The van der Waals surface area contributed by atoms with Crippen molar-refractivity contribution in [3.05, 3.63) is 23.8 Å². The summed E-state index contributed by atoms with van der Waals surface area (Å²) < 4.78 is 0. The highest BCUT2D eigenvalue weighted by molar-refractivity contribution is 5.34. The second-order valence-electron chi connectivity index (χ2n) is 7.42. The summed E-state index contributed by atoms with van der Waals surface area (Å²) in [5.74, 6) is 0. The van der Waals surface area contributed by atoms with Gasteiger partial charge in [0.25, 0.3) is 0 Å². The molecular formula is C19H30. The largest absolute Gasteiger partial charge is 0.0870 e. The number of hydrogen-bond acceptors (Lipinski definition) is 0. The summed E-state index contributed by atoms with van der Waals surface area (Å²) >= 11 is 0. The Hall–Kier alpha value is -0.520. The molecule has 19 heavy (non-hydrogen) atoms. The van der Waals surface area contributed by atoms with Gasteiger partial charge in [-0.2, -0.15) is 0 Å². The minimum atomic E-state index is 0.455. The van der Waals surface area contributed by atoms with E-state index in [4.69, 9.17) is 0 Å². The molecule has 0 amide bonds. The molecule has 3 aliphatic carbocycles. The minimum absolute atomic E-state index is 0.455. The molecule has 1 saturated carbocycles. The van der Waals surface area contributed by atoms with Gasteiger partial charge in [0.1, 0.15) is 0 Å². The predicted octanol–water partition coefficient (Wildman–Crippen LogP) is 6.18. The van der Waals surface area contributed by atoms with Gasteiger partial charge in [-0.05, 0) is 38.0 Å². The van der Waals surface area contributed by atoms with Gasteiger partial charge in [0.15, 0.2) is 0 Å². The molecule has 0 aromatic heterocycles. The highest BCUT2D eigenvalue weighted by atomic mass is 14.6. The fourth-order valence-corrected chi connectivity index (χ4v) is 5.11. The van der Waals surface area contributed by atoms with E-state index >= 15 is 0 Å². The summed E-state index contributed by atoms with van der Waals surface area (Å²) in [5, 5.41) is 0. The highest BCUT2D eigenvalue weighted by Gasteiger charge is 2.52. The zero-order valence-corrected chi connectivity index (χ0v) is 12.7. The van der Waals surface area contributed by atoms with Crippen molar-refractivity contribution in [3.63, 3.8) is 0 Å². The second kappa shape index (κ2) is 5.46. The third-order valence-corrected chi connectivity index (χ3v) is 6.03. The summed E-state index contributed by atoms with van der Waals surface area (Å²) in [7, 11) is 0. The molecule has 0 bridgehead atoms. The van der Waals surface area contributed by atoms with E-state index in [2.05, 4.69) is 25.2 Å². The van der Waals surface area contributed by atoms with E-state index in [9.17, 15) is 0 Å². The molecule has 2 unspecified atom stereocenters. The first-order valence-corrected chi connectivity index (χ1v) is 8.63. The zero-order valence-electron chi connectivity index (χ0n) is 12.7. The lowest BCUT2D eigenvalue weighted by Crippen LogP contribution is -2.33. The molecule has 106 valence electrons. The van der Waals surface area contributed by atoms with E-state index in [-0.39, 0.29) is 0 Å². The molecule has 0 heterocycles. The van der Waals surface area contributed by atoms with Crippen molar-refractivity contribution in [1.29, 1.82) is 0 Å². The molecule has 0 aliphatic heterocycles. The molecular weight excluding hydrogens is 228 g/mol. The summed E-state index contributed by atoms with van der Waals surface area (Å²) in [6, 6.07) is 0. The molecule has 0 radical (unpaired) electrons. The van der Waals surface area contributed by atoms with Crippen LogP contribution in [0.4, 0.5) is 0 Å². The number of hydrogen-bond donors (Lipinski definition) is 0. The third-order valence-electron chi connectivity index (χ3n) is 6.03. The maximum absolute atomic E-state index is 2.66. The Labute approximate surface area is 119 Å². The first-order valence-electron chi connectivity index (χ1n) is 8.63. The fraction of sp³-hybridized carbons (Fsp3) is 0.789. The molecule has 0 aromatic rings. The Morgan fingerprint density at radius 2 is 1.47 bits per heavy atom. The van der Waals surface area contributed by atoms with Crippen LogP contribution >= 0.6 is 0 Å². The molecule has 1 fully saturated rings. The van der Waals surface area contributed by atoms with Gasteiger partial charge < -0.3 is 0 Å². The Bertz CT molecular complexity index is 375. The second-order valence-corrected chi connectivity index (χ2v) is 7.42. The van der Waals surface area contributed by atoms with E-state index in [1.54, 1.807) is 5.57 Å². The van der Waals surface area contributed by atoms with Gasteiger partial charge in [0, 0.05) is 5.41 Å². The van der Waals surface area contributed by atoms with Gasteiger partial charge >= 0.3 is 0 Å². The molecule has 0 heteroatoms. The van der Waals surface area contributed by atoms with Crippen LogP contribution in [0, 0.1) is 10.8 Å². The van der Waals surface area contributed by atoms with Crippen LogP contribution in [0.25, 0.3) is 0 Å². The van der Waals surface area contributed by atoms with Gasteiger partial charge in [-0.1, -0.05) is 75.2 Å². The minimum Gasteiger partial charge on any atom is -0.0870 e. The van der Waals surface area contributed by atoms with Crippen molar-refractivity contribution in [2.45, 2.75) is 84.0 Å². The molecule has 2 atom stereocenters. The maximum atomic E-state index is 2.66. The van der Waals surface area contributed by atoms with Gasteiger partial charge in [0.2, 0.25) is 0 Å². The van der Waals surface area contributed by atoms with Crippen LogP contribution < -0.4 is 0 Å². The van der Waals surface area contributed by atoms with Crippen molar-refractivity contribution < 1.29 is 0 Å². The average molecular weight is 258 g/mol. The van der Waals surface area contributed by atoms with Crippen LogP contribution in [-0.2, 0) is 0 Å².